The van der Waals surface area contributed by atoms with Crippen LogP contribution in [-0.4, -0.2) is 149 Å². The first-order valence-electron chi connectivity index (χ1n) is 21.9. The number of nitrogens with zero attached hydrogens (tertiary/aromatic N) is 2. The number of ether oxygens (including phenoxy) is 6. The number of benzene rings is 3. The first-order valence-corrected chi connectivity index (χ1v) is 21.9. The Bertz CT molecular complexity index is 2420. The maximum Gasteiger partial charge on any atom is 0.306 e. The number of ketones is 2. The summed E-state index contributed by atoms with van der Waals surface area (Å²) < 4.78 is 35.9. The Morgan fingerprint density at radius 3 is 2.39 bits per heavy atom. The largest absolute Gasteiger partial charge is 0.507 e. The molecule has 0 saturated carbocycles. The third-order valence-corrected chi connectivity index (χ3v) is 13.5. The van der Waals surface area contributed by atoms with Gasteiger partial charge < -0.3 is 54.2 Å². The lowest BCUT2D eigenvalue weighted by Crippen LogP contribution is -2.55. The van der Waals surface area contributed by atoms with E-state index in [0.29, 0.717) is 50.3 Å². The summed E-state index contributed by atoms with van der Waals surface area (Å²) in [5, 5.41) is 48.3. The van der Waals surface area contributed by atoms with Crippen molar-refractivity contribution in [2.24, 2.45) is 5.92 Å². The van der Waals surface area contributed by atoms with Crippen LogP contribution in [0.25, 0.3) is 0 Å². The molecule has 0 radical (unpaired) electrons. The summed E-state index contributed by atoms with van der Waals surface area (Å²) in [5.41, 5.74) is -0.344. The summed E-state index contributed by atoms with van der Waals surface area (Å²) in [5.74, 6) is -5.31. The first-order chi connectivity index (χ1) is 31.7. The van der Waals surface area contributed by atoms with Gasteiger partial charge in [0.2, 0.25) is 11.7 Å². The van der Waals surface area contributed by atoms with E-state index < -0.39 is 101 Å². The number of aromatic hydroxyl groups is 2. The quantitative estimate of drug-likeness (QED) is 0.0879. The number of hydrogen-bond donors (Lipinski definition) is 6. The first kappa shape index (κ1) is 45.6. The predicted octanol–water partition coefficient (Wildman–Crippen LogP) is 2.13. The minimum Gasteiger partial charge on any atom is -0.507 e. The number of carboxylic acid groups (broad SMARTS) is 1. The van der Waals surface area contributed by atoms with Gasteiger partial charge in [-0.05, 0) is 56.6 Å². The van der Waals surface area contributed by atoms with Gasteiger partial charge in [-0.25, -0.2) is 5.48 Å². The Balaban J connectivity index is 0.934. The van der Waals surface area contributed by atoms with Gasteiger partial charge in [0.1, 0.15) is 23.4 Å². The molecule has 4 saturated heterocycles. The van der Waals surface area contributed by atoms with Gasteiger partial charge in [0, 0.05) is 61.3 Å². The Labute approximate surface area is 378 Å². The number of carbonyl (C=O) groups is 5. The van der Waals surface area contributed by atoms with E-state index in [2.05, 4.69) is 15.7 Å². The molecular weight excluding hydrogens is 865 g/mol. The number of piperidine rings is 1. The number of hydrogen-bond acceptors (Lipinski definition) is 17. The molecule has 352 valence electrons. The molecular formula is C46H52N4O16. The second-order valence-electron chi connectivity index (χ2n) is 17.5. The minimum absolute atomic E-state index is 0.0633. The molecule has 9 rings (SSSR count). The second kappa shape index (κ2) is 18.3. The summed E-state index contributed by atoms with van der Waals surface area (Å²) in [6.45, 7) is 3.73. The SMILES string of the molecule is COc1cccc2c1C(=O)c1c(O)c3c(c(O)c1C2=O)C[C@@](O)(C(=O)NOCc1ccc(NC(=O)CN2CCC(C(=O)O)CC2)cc1)C[C@@H]3O[C@H]1C[C@H]2[C@H](O[C@@H]3[C@@H](OC)OCCN32)[C@H](C)O1. The lowest BCUT2D eigenvalue weighted by molar-refractivity contribution is -0.256. The van der Waals surface area contributed by atoms with Crippen LogP contribution in [-0.2, 0) is 55.9 Å². The molecule has 20 heteroatoms. The summed E-state index contributed by atoms with van der Waals surface area (Å²) in [7, 11) is 2.87. The fraction of sp³-hybridized carbons (Fsp3) is 0.500. The van der Waals surface area contributed by atoms with E-state index in [1.54, 1.807) is 24.3 Å². The molecule has 0 aromatic heterocycles. The number of nitrogens with one attached hydrogen (secondary N) is 2. The molecule has 20 nitrogen and oxygen atoms in total. The number of methoxy groups -OCH3 is 2. The highest BCUT2D eigenvalue weighted by atomic mass is 16.7. The number of morpholine rings is 1. The van der Waals surface area contributed by atoms with Gasteiger partial charge in [0.15, 0.2) is 30.2 Å². The lowest BCUT2D eigenvalue weighted by atomic mass is 9.72. The number of carboxylic acids is 1. The van der Waals surface area contributed by atoms with E-state index in [1.165, 1.54) is 32.4 Å². The van der Waals surface area contributed by atoms with Gasteiger partial charge in [0.05, 0.1) is 61.7 Å². The van der Waals surface area contributed by atoms with Crippen LogP contribution in [0, 0.1) is 5.92 Å². The number of likely N-dealkylation sites (tertiary alicyclic amines) is 1. The zero-order valence-corrected chi connectivity index (χ0v) is 36.5. The average Bonchev–Trinajstić information content (AvgIpc) is 3.69. The Morgan fingerprint density at radius 1 is 0.939 bits per heavy atom. The van der Waals surface area contributed by atoms with Crippen LogP contribution in [0.5, 0.6) is 17.2 Å². The number of fused-ring (bicyclic) bond motifs is 6. The third-order valence-electron chi connectivity index (χ3n) is 13.5. The summed E-state index contributed by atoms with van der Waals surface area (Å²) >= 11 is 0. The highest BCUT2D eigenvalue weighted by molar-refractivity contribution is 6.31. The monoisotopic (exact) mass is 916 g/mol. The zero-order chi connectivity index (χ0) is 46.6. The van der Waals surface area contributed by atoms with Crippen LogP contribution >= 0.6 is 0 Å². The van der Waals surface area contributed by atoms with E-state index in [0.717, 1.165) is 0 Å². The number of hydroxylamine groups is 1. The van der Waals surface area contributed by atoms with Crippen LogP contribution < -0.4 is 15.5 Å². The zero-order valence-electron chi connectivity index (χ0n) is 36.5. The van der Waals surface area contributed by atoms with Crippen molar-refractivity contribution < 1.29 is 77.7 Å². The molecule has 4 aliphatic heterocycles. The fourth-order valence-electron chi connectivity index (χ4n) is 10.2. The van der Waals surface area contributed by atoms with Crippen molar-refractivity contribution >= 4 is 35.0 Å². The van der Waals surface area contributed by atoms with Crippen LogP contribution in [0.4, 0.5) is 5.69 Å². The molecule has 4 heterocycles. The minimum atomic E-state index is -2.37. The van der Waals surface area contributed by atoms with Crippen molar-refractivity contribution in [2.45, 2.75) is 94.4 Å². The molecule has 6 N–H and O–H groups in total. The number of phenols is 2. The number of anilines is 1. The third kappa shape index (κ3) is 8.30. The number of aliphatic hydroxyl groups is 1. The van der Waals surface area contributed by atoms with Crippen molar-refractivity contribution in [3.05, 3.63) is 81.4 Å². The van der Waals surface area contributed by atoms with Crippen molar-refractivity contribution in [3.8, 4) is 17.2 Å². The Kier molecular flexibility index (Phi) is 12.6. The average molecular weight is 917 g/mol. The highest BCUT2D eigenvalue weighted by Gasteiger charge is 2.55. The van der Waals surface area contributed by atoms with Crippen molar-refractivity contribution in [2.75, 3.05) is 52.3 Å². The maximum absolute atomic E-state index is 14.2. The highest BCUT2D eigenvalue weighted by Crippen LogP contribution is 2.53. The molecule has 0 bridgehead atoms. The van der Waals surface area contributed by atoms with E-state index in [4.69, 9.17) is 33.3 Å². The topological polar surface area (TPSA) is 261 Å². The molecule has 2 aliphatic carbocycles. The molecule has 2 amide bonds. The van der Waals surface area contributed by atoms with Gasteiger partial charge in [-0.15, -0.1) is 0 Å². The number of rotatable bonds is 12. The molecule has 3 aromatic carbocycles. The number of phenolic OH excluding ortho intramolecular Hbond substituents is 2. The van der Waals surface area contributed by atoms with Gasteiger partial charge in [-0.3, -0.25) is 38.6 Å². The van der Waals surface area contributed by atoms with E-state index >= 15 is 0 Å². The van der Waals surface area contributed by atoms with Crippen LogP contribution in [0.1, 0.15) is 87.2 Å². The fourth-order valence-corrected chi connectivity index (χ4v) is 10.2. The van der Waals surface area contributed by atoms with E-state index in [-0.39, 0.29) is 65.6 Å². The standard InChI is InChI=1S/C46H52N4O16/c1-22-41-28(50-15-16-62-44(61-3)42(50)66-41)17-32(64-22)65-30-19-46(59,18-27-34(30)40(55)36-35(38(27)53)37(52)26-5-4-6-29(60-2)33(26)39(36)54)45(58)48-63-21-23-7-9-25(10-8-23)47-31(51)20-49-13-11-24(12-14-49)43(56)57/h4-10,22,24,28,30,32,41-42,44,53,55,59H,11-21H2,1-3H3,(H,47,51)(H,48,58)(H,56,57)/t22-,28-,30-,32-,41+,42+,44-,46-/m0/s1. The molecule has 66 heavy (non-hydrogen) atoms. The normalized spacial score (nSPS) is 28.6. The Morgan fingerprint density at radius 2 is 1.68 bits per heavy atom. The van der Waals surface area contributed by atoms with Crippen LogP contribution in [0.2, 0.25) is 0 Å². The van der Waals surface area contributed by atoms with Crippen molar-refractivity contribution in [1.82, 2.24) is 15.3 Å². The smallest absolute Gasteiger partial charge is 0.306 e. The van der Waals surface area contributed by atoms with Crippen molar-refractivity contribution in [1.29, 1.82) is 0 Å². The van der Waals surface area contributed by atoms with E-state index in [1.807, 2.05) is 11.8 Å². The maximum atomic E-state index is 14.2. The second-order valence-corrected chi connectivity index (χ2v) is 17.5. The molecule has 0 spiro atoms. The molecule has 6 aliphatic rings. The van der Waals surface area contributed by atoms with Gasteiger partial charge in [-0.2, -0.15) is 0 Å². The van der Waals surface area contributed by atoms with Gasteiger partial charge in [-0.1, -0.05) is 24.3 Å². The summed E-state index contributed by atoms with van der Waals surface area (Å²) in [6, 6.07) is 10.8. The lowest BCUT2D eigenvalue weighted by Gasteiger charge is -2.43. The van der Waals surface area contributed by atoms with Gasteiger partial charge >= 0.3 is 5.97 Å². The molecule has 3 aromatic rings. The summed E-state index contributed by atoms with van der Waals surface area (Å²) in [6.07, 6.45) is -4.34. The Hall–Kier alpha value is -5.55. The molecule has 8 atom stereocenters. The number of amides is 2. The number of aliphatic carboxylic acids is 1. The van der Waals surface area contributed by atoms with Crippen LogP contribution in [0.15, 0.2) is 42.5 Å². The van der Waals surface area contributed by atoms with Gasteiger partial charge in [0.25, 0.3) is 5.91 Å². The van der Waals surface area contributed by atoms with Crippen LogP contribution in [0.3, 0.4) is 0 Å². The summed E-state index contributed by atoms with van der Waals surface area (Å²) in [4.78, 5) is 75.8. The molecule has 0 unspecified atom stereocenters. The van der Waals surface area contributed by atoms with E-state index in [9.17, 15) is 44.4 Å². The predicted molar refractivity (Wildman–Crippen MR) is 226 cm³/mol. The molecule has 4 fully saturated rings. The number of carbonyl (C=O) groups excluding carboxylic acids is 4. The van der Waals surface area contributed by atoms with Crippen molar-refractivity contribution in [3.63, 3.8) is 0 Å².